The van der Waals surface area contributed by atoms with Gasteiger partial charge in [0, 0.05) is 6.54 Å². The molecule has 0 aromatic carbocycles. The highest BCUT2D eigenvalue weighted by Crippen LogP contribution is 2.31. The Kier molecular flexibility index (Phi) is 3.51. The van der Waals surface area contributed by atoms with Crippen molar-refractivity contribution in [3.63, 3.8) is 0 Å². The van der Waals surface area contributed by atoms with E-state index >= 15 is 0 Å². The summed E-state index contributed by atoms with van der Waals surface area (Å²) in [6.45, 7) is 3.14. The van der Waals surface area contributed by atoms with Gasteiger partial charge in [-0.25, -0.2) is 4.98 Å². The van der Waals surface area contributed by atoms with Crippen molar-refractivity contribution in [2.24, 2.45) is 0 Å². The van der Waals surface area contributed by atoms with Crippen molar-refractivity contribution < 1.29 is 18.3 Å². The van der Waals surface area contributed by atoms with Gasteiger partial charge in [-0.05, 0) is 19.9 Å². The van der Waals surface area contributed by atoms with Crippen LogP contribution in [0.1, 0.15) is 19.5 Å². The Morgan fingerprint density at radius 3 is 2.47 bits per heavy atom. The van der Waals surface area contributed by atoms with Crippen molar-refractivity contribution in [1.29, 1.82) is 0 Å². The van der Waals surface area contributed by atoms with Crippen LogP contribution >= 0.6 is 0 Å². The van der Waals surface area contributed by atoms with Gasteiger partial charge in [0.25, 0.3) is 0 Å². The molecular formula is C10H14F3N3O. The highest BCUT2D eigenvalue weighted by atomic mass is 19.4. The molecule has 4 nitrogen and oxygen atoms in total. The number of pyridine rings is 1. The number of rotatable bonds is 3. The predicted molar refractivity (Wildman–Crippen MR) is 58.4 cm³/mol. The van der Waals surface area contributed by atoms with Crippen molar-refractivity contribution in [2.75, 3.05) is 17.6 Å². The number of hydrogen-bond acceptors (Lipinski definition) is 4. The number of nitrogens with one attached hydrogen (secondary N) is 1. The molecule has 0 spiro atoms. The van der Waals surface area contributed by atoms with E-state index in [4.69, 9.17) is 5.73 Å². The molecule has 0 aliphatic carbocycles. The van der Waals surface area contributed by atoms with Crippen LogP contribution in [0, 0.1) is 0 Å². The summed E-state index contributed by atoms with van der Waals surface area (Å²) in [6, 6.07) is 0.821. The van der Waals surface area contributed by atoms with E-state index < -0.39 is 17.5 Å². The Morgan fingerprint density at radius 1 is 1.41 bits per heavy atom. The number of halogens is 3. The summed E-state index contributed by atoms with van der Waals surface area (Å²) < 4.78 is 37.2. The molecule has 0 unspecified atom stereocenters. The number of nitrogens with zero attached hydrogens (tertiary/aromatic N) is 1. The van der Waals surface area contributed by atoms with Gasteiger partial charge in [-0.2, -0.15) is 13.2 Å². The molecule has 0 saturated heterocycles. The normalized spacial score (nSPS) is 12.6. The van der Waals surface area contributed by atoms with Crippen molar-refractivity contribution >= 4 is 11.4 Å². The van der Waals surface area contributed by atoms with Gasteiger partial charge in [0.1, 0.15) is 5.69 Å². The first kappa shape index (κ1) is 13.6. The van der Waals surface area contributed by atoms with E-state index in [0.29, 0.717) is 0 Å². The molecule has 1 aromatic rings. The third kappa shape index (κ3) is 4.10. The molecule has 0 aliphatic rings. The van der Waals surface area contributed by atoms with Crippen LogP contribution in [0.3, 0.4) is 0 Å². The molecule has 96 valence electrons. The lowest BCUT2D eigenvalue weighted by atomic mass is 10.1. The first-order valence-electron chi connectivity index (χ1n) is 4.88. The van der Waals surface area contributed by atoms with Gasteiger partial charge in [-0.3, -0.25) is 0 Å². The van der Waals surface area contributed by atoms with E-state index in [-0.39, 0.29) is 17.9 Å². The Bertz CT molecular complexity index is 399. The summed E-state index contributed by atoms with van der Waals surface area (Å²) in [6.07, 6.45) is -3.58. The topological polar surface area (TPSA) is 71.2 Å². The maximum Gasteiger partial charge on any atom is 0.433 e. The van der Waals surface area contributed by atoms with Crippen LogP contribution in [0.25, 0.3) is 0 Å². The summed E-state index contributed by atoms with van der Waals surface area (Å²) in [5.74, 6) is 0. The highest BCUT2D eigenvalue weighted by Gasteiger charge is 2.33. The minimum Gasteiger partial charge on any atom is -0.396 e. The van der Waals surface area contributed by atoms with Gasteiger partial charge in [-0.1, -0.05) is 0 Å². The number of hydrogen-bond donors (Lipinski definition) is 3. The summed E-state index contributed by atoms with van der Waals surface area (Å²) in [5, 5.41) is 12.1. The Labute approximate surface area is 96.7 Å². The van der Waals surface area contributed by atoms with Gasteiger partial charge >= 0.3 is 6.18 Å². The second-order valence-electron chi connectivity index (χ2n) is 4.32. The number of nitrogen functional groups attached to an aromatic ring is 1. The third-order valence-corrected chi connectivity index (χ3v) is 1.94. The number of nitrogens with two attached hydrogens (primary N) is 1. The third-order valence-electron chi connectivity index (χ3n) is 1.94. The minimum atomic E-state index is -4.52. The maximum atomic E-state index is 12.4. The number of anilines is 2. The lowest BCUT2D eigenvalue weighted by Gasteiger charge is -2.19. The fourth-order valence-corrected chi connectivity index (χ4v) is 1.09. The van der Waals surface area contributed by atoms with E-state index in [9.17, 15) is 18.3 Å². The summed E-state index contributed by atoms with van der Waals surface area (Å²) in [4.78, 5) is 3.20. The monoisotopic (exact) mass is 249 g/mol. The van der Waals surface area contributed by atoms with Crippen molar-refractivity contribution in [3.05, 3.63) is 18.0 Å². The highest BCUT2D eigenvalue weighted by molar-refractivity contribution is 5.65. The predicted octanol–water partition coefficient (Wildman–Crippen LogP) is 1.87. The average molecular weight is 249 g/mol. The summed E-state index contributed by atoms with van der Waals surface area (Å²) in [7, 11) is 0. The second-order valence-corrected chi connectivity index (χ2v) is 4.32. The van der Waals surface area contributed by atoms with E-state index in [0.717, 1.165) is 12.3 Å². The SMILES string of the molecule is CC(C)(O)CNc1cc(C(F)(F)F)ncc1N. The molecule has 0 fully saturated rings. The van der Waals surface area contributed by atoms with E-state index in [2.05, 4.69) is 10.3 Å². The van der Waals surface area contributed by atoms with Gasteiger partial charge in [0.05, 0.1) is 23.2 Å². The quantitative estimate of drug-likeness (QED) is 0.764. The van der Waals surface area contributed by atoms with Crippen molar-refractivity contribution in [2.45, 2.75) is 25.6 Å². The molecule has 4 N–H and O–H groups in total. The molecule has 0 bridgehead atoms. The van der Waals surface area contributed by atoms with E-state index in [1.54, 1.807) is 0 Å². The zero-order valence-electron chi connectivity index (χ0n) is 9.47. The van der Waals surface area contributed by atoms with Crippen molar-refractivity contribution in [3.8, 4) is 0 Å². The molecule has 7 heteroatoms. The van der Waals surface area contributed by atoms with Crippen LogP contribution < -0.4 is 11.1 Å². The van der Waals surface area contributed by atoms with Crippen LogP contribution in [-0.2, 0) is 6.18 Å². The van der Waals surface area contributed by atoms with Crippen molar-refractivity contribution in [1.82, 2.24) is 4.98 Å². The van der Waals surface area contributed by atoms with Crippen LogP contribution in [-0.4, -0.2) is 22.2 Å². The molecular weight excluding hydrogens is 235 g/mol. The molecule has 1 heterocycles. The molecule has 17 heavy (non-hydrogen) atoms. The second kappa shape index (κ2) is 4.40. The largest absolute Gasteiger partial charge is 0.433 e. The van der Waals surface area contributed by atoms with Gasteiger partial charge in [0.15, 0.2) is 0 Å². The molecule has 1 rings (SSSR count). The lowest BCUT2D eigenvalue weighted by molar-refractivity contribution is -0.141. The fraction of sp³-hybridized carbons (Fsp3) is 0.500. The van der Waals surface area contributed by atoms with E-state index in [1.807, 2.05) is 0 Å². The van der Waals surface area contributed by atoms with Crippen LogP contribution in [0.4, 0.5) is 24.5 Å². The van der Waals surface area contributed by atoms with Crippen LogP contribution in [0.15, 0.2) is 12.3 Å². The number of aliphatic hydroxyl groups is 1. The average Bonchev–Trinajstić information content (AvgIpc) is 2.13. The van der Waals surface area contributed by atoms with Gasteiger partial charge in [-0.15, -0.1) is 0 Å². The molecule has 0 radical (unpaired) electrons. The van der Waals surface area contributed by atoms with Crippen LogP contribution in [0.5, 0.6) is 0 Å². The number of alkyl halides is 3. The van der Waals surface area contributed by atoms with Gasteiger partial charge < -0.3 is 16.2 Å². The maximum absolute atomic E-state index is 12.4. The molecule has 0 atom stereocenters. The fourth-order valence-electron chi connectivity index (χ4n) is 1.09. The first-order valence-corrected chi connectivity index (χ1v) is 4.88. The Morgan fingerprint density at radius 2 is 2.00 bits per heavy atom. The zero-order valence-corrected chi connectivity index (χ0v) is 9.47. The lowest BCUT2D eigenvalue weighted by Crippen LogP contribution is -2.29. The smallest absolute Gasteiger partial charge is 0.396 e. The zero-order chi connectivity index (χ0) is 13.3. The first-order chi connectivity index (χ1) is 7.59. The van der Waals surface area contributed by atoms with Gasteiger partial charge in [0.2, 0.25) is 0 Å². The molecule has 0 amide bonds. The van der Waals surface area contributed by atoms with E-state index in [1.165, 1.54) is 13.8 Å². The molecule has 1 aromatic heterocycles. The number of aromatic nitrogens is 1. The summed E-state index contributed by atoms with van der Waals surface area (Å²) in [5.41, 5.74) is 3.62. The summed E-state index contributed by atoms with van der Waals surface area (Å²) >= 11 is 0. The standard InChI is InChI=1S/C10H14F3N3O/c1-9(2,17)5-16-7-3-8(10(11,12)13)15-4-6(7)14/h3-4,17H,5,14H2,1-2H3,(H,15,16). The molecule has 0 saturated carbocycles. The minimum absolute atomic E-state index is 0.0819. The molecule has 0 aliphatic heterocycles. The Balaban J connectivity index is 2.92. The Hall–Kier alpha value is -1.50. The van der Waals surface area contributed by atoms with Crippen LogP contribution in [0.2, 0.25) is 0 Å².